The van der Waals surface area contributed by atoms with E-state index in [-0.39, 0.29) is 0 Å². The largest absolute Gasteiger partial charge is 0.496 e. The summed E-state index contributed by atoms with van der Waals surface area (Å²) >= 11 is 0. The lowest BCUT2D eigenvalue weighted by Crippen LogP contribution is -1.87. The second-order valence-corrected chi connectivity index (χ2v) is 2.74. The molecule has 0 bridgehead atoms. The van der Waals surface area contributed by atoms with E-state index in [0.29, 0.717) is 0 Å². The molecule has 0 heterocycles. The Kier molecular flexibility index (Phi) is 3.26. The Morgan fingerprint density at radius 3 is 2.77 bits per heavy atom. The minimum absolute atomic E-state index is 0.752. The Hall–Kier alpha value is -1.57. The zero-order chi connectivity index (χ0) is 9.68. The molecule has 0 aromatic heterocycles. The Labute approximate surface area is 77.8 Å². The highest BCUT2D eigenvalue weighted by atomic mass is 16.5. The Morgan fingerprint density at radius 1 is 1.38 bits per heavy atom. The van der Waals surface area contributed by atoms with Crippen LogP contribution in [0.15, 0.2) is 24.3 Å². The van der Waals surface area contributed by atoms with Gasteiger partial charge < -0.3 is 4.74 Å². The third-order valence-electron chi connectivity index (χ3n) is 1.74. The Bertz CT molecular complexity index is 327. The fourth-order valence-electron chi connectivity index (χ4n) is 1.13. The van der Waals surface area contributed by atoms with Gasteiger partial charge in [-0.25, -0.2) is 0 Å². The SMILES string of the molecule is COc1ccc(C)cc1C=CC=O. The van der Waals surface area contributed by atoms with Gasteiger partial charge in [0.2, 0.25) is 0 Å². The van der Waals surface area contributed by atoms with E-state index in [1.54, 1.807) is 13.2 Å². The van der Waals surface area contributed by atoms with Crippen LogP contribution < -0.4 is 4.74 Å². The van der Waals surface area contributed by atoms with Gasteiger partial charge in [0, 0.05) is 5.56 Å². The van der Waals surface area contributed by atoms with E-state index in [1.165, 1.54) is 6.08 Å². The van der Waals surface area contributed by atoms with E-state index in [1.807, 2.05) is 25.1 Å². The number of rotatable bonds is 3. The maximum atomic E-state index is 10.1. The van der Waals surface area contributed by atoms with Crippen LogP contribution >= 0.6 is 0 Å². The van der Waals surface area contributed by atoms with E-state index >= 15 is 0 Å². The average molecular weight is 176 g/mol. The van der Waals surface area contributed by atoms with Crippen molar-refractivity contribution in [3.63, 3.8) is 0 Å². The molecular formula is C11H12O2. The molecule has 1 aromatic carbocycles. The molecule has 68 valence electrons. The zero-order valence-electron chi connectivity index (χ0n) is 7.78. The Balaban J connectivity index is 3.07. The van der Waals surface area contributed by atoms with Gasteiger partial charge in [0.1, 0.15) is 12.0 Å². The molecule has 0 aliphatic heterocycles. The molecule has 13 heavy (non-hydrogen) atoms. The number of aldehydes is 1. The van der Waals surface area contributed by atoms with Crippen molar-refractivity contribution in [2.45, 2.75) is 6.92 Å². The van der Waals surface area contributed by atoms with E-state index in [9.17, 15) is 4.79 Å². The third kappa shape index (κ3) is 2.44. The van der Waals surface area contributed by atoms with Crippen molar-refractivity contribution < 1.29 is 9.53 Å². The standard InChI is InChI=1S/C11H12O2/c1-9-5-6-11(13-2)10(8-9)4-3-7-12/h3-8H,1-2H3. The molecule has 1 aromatic rings. The van der Waals surface area contributed by atoms with Crippen LogP contribution in [0, 0.1) is 6.92 Å². The van der Waals surface area contributed by atoms with E-state index < -0.39 is 0 Å². The molecule has 0 aliphatic rings. The molecule has 1 rings (SSSR count). The van der Waals surface area contributed by atoms with Gasteiger partial charge in [-0.1, -0.05) is 11.6 Å². The van der Waals surface area contributed by atoms with E-state index in [2.05, 4.69) is 0 Å². The van der Waals surface area contributed by atoms with Crippen LogP contribution in [0.4, 0.5) is 0 Å². The highest BCUT2D eigenvalue weighted by Crippen LogP contribution is 2.20. The topological polar surface area (TPSA) is 26.3 Å². The first kappa shape index (κ1) is 9.52. The van der Waals surface area contributed by atoms with E-state index in [0.717, 1.165) is 23.2 Å². The number of ether oxygens (including phenoxy) is 1. The van der Waals surface area contributed by atoms with Crippen LogP contribution in [0.1, 0.15) is 11.1 Å². The molecule has 0 saturated heterocycles. The molecule has 0 radical (unpaired) electrons. The summed E-state index contributed by atoms with van der Waals surface area (Å²) in [5.74, 6) is 0.781. The molecule has 2 heteroatoms. The van der Waals surface area contributed by atoms with Gasteiger partial charge in [0.05, 0.1) is 7.11 Å². The number of carbonyl (C=O) groups is 1. The number of allylic oxidation sites excluding steroid dienone is 1. The smallest absolute Gasteiger partial charge is 0.142 e. The molecule has 0 amide bonds. The maximum absolute atomic E-state index is 10.1. The zero-order valence-corrected chi connectivity index (χ0v) is 7.78. The lowest BCUT2D eigenvalue weighted by atomic mass is 10.1. The second kappa shape index (κ2) is 4.45. The molecule has 0 saturated carbocycles. The molecule has 2 nitrogen and oxygen atoms in total. The Morgan fingerprint density at radius 2 is 2.15 bits per heavy atom. The molecule has 0 spiro atoms. The van der Waals surface area contributed by atoms with Gasteiger partial charge in [0.25, 0.3) is 0 Å². The van der Waals surface area contributed by atoms with Gasteiger partial charge in [-0.15, -0.1) is 0 Å². The van der Waals surface area contributed by atoms with Gasteiger partial charge >= 0.3 is 0 Å². The molecular weight excluding hydrogens is 164 g/mol. The van der Waals surface area contributed by atoms with Gasteiger partial charge in [-0.05, 0) is 31.2 Å². The lowest BCUT2D eigenvalue weighted by molar-refractivity contribution is -0.104. The number of aryl methyl sites for hydroxylation is 1. The molecule has 0 atom stereocenters. The van der Waals surface area contributed by atoms with Crippen molar-refractivity contribution in [1.29, 1.82) is 0 Å². The van der Waals surface area contributed by atoms with Crippen molar-refractivity contribution in [3.05, 3.63) is 35.4 Å². The summed E-state index contributed by atoms with van der Waals surface area (Å²) in [6.07, 6.45) is 3.94. The minimum atomic E-state index is 0.752. The summed E-state index contributed by atoms with van der Waals surface area (Å²) in [6.45, 7) is 2.00. The fourth-order valence-corrected chi connectivity index (χ4v) is 1.13. The summed E-state index contributed by atoms with van der Waals surface area (Å²) in [4.78, 5) is 10.1. The summed E-state index contributed by atoms with van der Waals surface area (Å²) in [7, 11) is 1.61. The van der Waals surface area contributed by atoms with Gasteiger partial charge in [0.15, 0.2) is 0 Å². The molecule has 0 unspecified atom stereocenters. The number of methoxy groups -OCH3 is 1. The first-order chi connectivity index (χ1) is 6.27. The highest BCUT2D eigenvalue weighted by Gasteiger charge is 1.98. The van der Waals surface area contributed by atoms with Crippen molar-refractivity contribution in [2.24, 2.45) is 0 Å². The summed E-state index contributed by atoms with van der Waals surface area (Å²) in [5.41, 5.74) is 2.07. The number of benzene rings is 1. The molecule has 0 N–H and O–H groups in total. The van der Waals surface area contributed by atoms with Crippen molar-refractivity contribution in [2.75, 3.05) is 7.11 Å². The van der Waals surface area contributed by atoms with Crippen molar-refractivity contribution in [3.8, 4) is 5.75 Å². The van der Waals surface area contributed by atoms with Crippen LogP contribution in [-0.2, 0) is 4.79 Å². The van der Waals surface area contributed by atoms with E-state index in [4.69, 9.17) is 4.74 Å². The summed E-state index contributed by atoms with van der Waals surface area (Å²) in [5, 5.41) is 0. The van der Waals surface area contributed by atoms with Crippen molar-refractivity contribution in [1.82, 2.24) is 0 Å². The second-order valence-electron chi connectivity index (χ2n) is 2.74. The molecule has 0 aliphatic carbocycles. The normalized spacial score (nSPS) is 10.3. The first-order valence-electron chi connectivity index (χ1n) is 4.04. The minimum Gasteiger partial charge on any atom is -0.496 e. The van der Waals surface area contributed by atoms with Crippen LogP contribution in [0.3, 0.4) is 0 Å². The predicted molar refractivity (Wildman–Crippen MR) is 52.8 cm³/mol. The van der Waals surface area contributed by atoms with Gasteiger partial charge in [-0.2, -0.15) is 0 Å². The van der Waals surface area contributed by atoms with Crippen LogP contribution in [0.25, 0.3) is 6.08 Å². The number of hydrogen-bond donors (Lipinski definition) is 0. The quantitative estimate of drug-likeness (QED) is 0.521. The summed E-state index contributed by atoms with van der Waals surface area (Å²) in [6, 6.07) is 5.83. The number of carbonyl (C=O) groups excluding carboxylic acids is 1. The average Bonchev–Trinajstić information content (AvgIpc) is 2.15. The van der Waals surface area contributed by atoms with Gasteiger partial charge in [-0.3, -0.25) is 4.79 Å². The maximum Gasteiger partial charge on any atom is 0.142 e. The predicted octanol–water partition coefficient (Wildman–Crippen LogP) is 2.22. The lowest BCUT2D eigenvalue weighted by Gasteiger charge is -2.04. The molecule has 0 fully saturated rings. The number of hydrogen-bond acceptors (Lipinski definition) is 2. The highest BCUT2D eigenvalue weighted by molar-refractivity contribution is 5.75. The first-order valence-corrected chi connectivity index (χ1v) is 4.04. The van der Waals surface area contributed by atoms with Crippen molar-refractivity contribution >= 4 is 12.4 Å². The van der Waals surface area contributed by atoms with Crippen LogP contribution in [0.2, 0.25) is 0 Å². The fraction of sp³-hybridized carbons (Fsp3) is 0.182. The monoisotopic (exact) mass is 176 g/mol. The van der Waals surface area contributed by atoms with Crippen LogP contribution in [0.5, 0.6) is 5.75 Å². The van der Waals surface area contributed by atoms with Crippen LogP contribution in [-0.4, -0.2) is 13.4 Å². The summed E-state index contributed by atoms with van der Waals surface area (Å²) < 4.78 is 5.13. The third-order valence-corrected chi connectivity index (χ3v) is 1.74.